The van der Waals surface area contributed by atoms with Crippen molar-refractivity contribution in [2.24, 2.45) is 4.99 Å². The van der Waals surface area contributed by atoms with Gasteiger partial charge in [-0.1, -0.05) is 0 Å². The lowest BCUT2D eigenvalue weighted by Gasteiger charge is -2.02. The molecule has 0 spiro atoms. The van der Waals surface area contributed by atoms with Crippen molar-refractivity contribution >= 4 is 12.1 Å². The van der Waals surface area contributed by atoms with Crippen molar-refractivity contribution in [1.82, 2.24) is 0 Å². The number of carbonyl (C=O) groups excluding carboxylic acids is 1. The van der Waals surface area contributed by atoms with Gasteiger partial charge in [-0.2, -0.15) is 0 Å². The first-order valence-corrected chi connectivity index (χ1v) is 3.68. The van der Waals surface area contributed by atoms with Crippen molar-refractivity contribution in [3.63, 3.8) is 0 Å². The molecule has 0 saturated heterocycles. The van der Waals surface area contributed by atoms with E-state index >= 15 is 0 Å². The van der Waals surface area contributed by atoms with Crippen molar-refractivity contribution in [2.45, 2.75) is 0 Å². The fraction of sp³-hybridized carbons (Fsp3) is 0.111. The highest BCUT2D eigenvalue weighted by atomic mass is 19.1. The molecule has 0 N–H and O–H groups in total. The minimum atomic E-state index is -0.542. The predicted octanol–water partition coefficient (Wildman–Crippen LogP) is 1.41. The molecule has 0 aromatic heterocycles. The van der Waals surface area contributed by atoms with E-state index in [-0.39, 0.29) is 5.75 Å². The van der Waals surface area contributed by atoms with E-state index in [0.29, 0.717) is 11.1 Å². The summed E-state index contributed by atoms with van der Waals surface area (Å²) >= 11 is 0. The third-order valence-electron chi connectivity index (χ3n) is 1.88. The van der Waals surface area contributed by atoms with Gasteiger partial charge in [0.2, 0.25) is 0 Å². The standard InChI is InChI=1S/C9H6FNO2/c1-13-8-2-5-4-11-9(12)6(5)3-7(8)10/h2-4H,1H3. The molecule has 1 aliphatic rings. The Bertz CT molecular complexity index is 412. The van der Waals surface area contributed by atoms with Crippen LogP contribution in [-0.2, 0) is 0 Å². The van der Waals surface area contributed by atoms with E-state index in [1.807, 2.05) is 0 Å². The molecule has 0 saturated carbocycles. The van der Waals surface area contributed by atoms with Crippen LogP contribution >= 0.6 is 0 Å². The lowest BCUT2D eigenvalue weighted by atomic mass is 10.1. The second kappa shape index (κ2) is 2.65. The molecule has 1 heterocycles. The van der Waals surface area contributed by atoms with Gasteiger partial charge in [0.25, 0.3) is 5.91 Å². The molecule has 13 heavy (non-hydrogen) atoms. The summed E-state index contributed by atoms with van der Waals surface area (Å²) in [6.45, 7) is 0. The number of carbonyl (C=O) groups is 1. The SMILES string of the molecule is COc1cc2c(cc1F)C(=O)N=C2. The van der Waals surface area contributed by atoms with E-state index in [4.69, 9.17) is 4.74 Å². The fourth-order valence-corrected chi connectivity index (χ4v) is 1.22. The monoisotopic (exact) mass is 179 g/mol. The van der Waals surface area contributed by atoms with E-state index < -0.39 is 11.7 Å². The third kappa shape index (κ3) is 1.11. The maximum atomic E-state index is 13.1. The maximum absolute atomic E-state index is 13.1. The largest absolute Gasteiger partial charge is 0.494 e. The Morgan fingerprint density at radius 2 is 2.23 bits per heavy atom. The second-order valence-corrected chi connectivity index (χ2v) is 2.64. The van der Waals surface area contributed by atoms with Crippen molar-refractivity contribution in [3.8, 4) is 5.75 Å². The first kappa shape index (κ1) is 7.91. The third-order valence-corrected chi connectivity index (χ3v) is 1.88. The Morgan fingerprint density at radius 3 is 2.92 bits per heavy atom. The lowest BCUT2D eigenvalue weighted by molar-refractivity contribution is 0.101. The van der Waals surface area contributed by atoms with E-state index in [0.717, 1.165) is 6.07 Å². The van der Waals surface area contributed by atoms with Crippen LogP contribution in [0.5, 0.6) is 5.75 Å². The molecular weight excluding hydrogens is 173 g/mol. The van der Waals surface area contributed by atoms with Gasteiger partial charge < -0.3 is 4.74 Å². The number of amides is 1. The number of hydrogen-bond donors (Lipinski definition) is 0. The van der Waals surface area contributed by atoms with Crippen LogP contribution < -0.4 is 4.74 Å². The van der Waals surface area contributed by atoms with Crippen molar-refractivity contribution in [2.75, 3.05) is 7.11 Å². The van der Waals surface area contributed by atoms with Gasteiger partial charge in [0.05, 0.1) is 12.7 Å². The quantitative estimate of drug-likeness (QED) is 0.653. The molecule has 66 valence electrons. The predicted molar refractivity (Wildman–Crippen MR) is 44.9 cm³/mol. The van der Waals surface area contributed by atoms with Gasteiger partial charge in [-0.3, -0.25) is 4.79 Å². The molecule has 0 atom stereocenters. The Morgan fingerprint density at radius 1 is 1.46 bits per heavy atom. The smallest absolute Gasteiger partial charge is 0.277 e. The molecule has 0 bridgehead atoms. The number of methoxy groups -OCH3 is 1. The molecular formula is C9H6FNO2. The van der Waals surface area contributed by atoms with Crippen LogP contribution in [0.3, 0.4) is 0 Å². The summed E-state index contributed by atoms with van der Waals surface area (Å²) in [6, 6.07) is 2.60. The summed E-state index contributed by atoms with van der Waals surface area (Å²) in [4.78, 5) is 14.5. The summed E-state index contributed by atoms with van der Waals surface area (Å²) in [6.07, 6.45) is 1.40. The van der Waals surface area contributed by atoms with E-state index in [9.17, 15) is 9.18 Å². The highest BCUT2D eigenvalue weighted by Gasteiger charge is 2.18. The second-order valence-electron chi connectivity index (χ2n) is 2.64. The minimum Gasteiger partial charge on any atom is -0.494 e. The molecule has 1 aliphatic heterocycles. The van der Waals surface area contributed by atoms with Crippen LogP contribution in [0.2, 0.25) is 0 Å². The summed E-state index contributed by atoms with van der Waals surface area (Å²) in [7, 11) is 1.37. The molecule has 1 amide bonds. The van der Waals surface area contributed by atoms with E-state index in [1.54, 1.807) is 0 Å². The highest BCUT2D eigenvalue weighted by molar-refractivity contribution is 6.13. The first-order valence-electron chi connectivity index (χ1n) is 3.68. The molecule has 0 aliphatic carbocycles. The first-order chi connectivity index (χ1) is 6.22. The van der Waals surface area contributed by atoms with Crippen molar-refractivity contribution in [3.05, 3.63) is 29.1 Å². The average molecular weight is 179 g/mol. The Balaban J connectivity index is 2.62. The van der Waals surface area contributed by atoms with Crippen LogP contribution in [0.15, 0.2) is 17.1 Å². The van der Waals surface area contributed by atoms with E-state index in [2.05, 4.69) is 4.99 Å². The van der Waals surface area contributed by atoms with Crippen molar-refractivity contribution in [1.29, 1.82) is 0 Å². The van der Waals surface area contributed by atoms with Gasteiger partial charge in [0, 0.05) is 11.8 Å². The van der Waals surface area contributed by atoms with Gasteiger partial charge >= 0.3 is 0 Å². The van der Waals surface area contributed by atoms with Gasteiger partial charge in [0.15, 0.2) is 11.6 Å². The van der Waals surface area contributed by atoms with Crippen LogP contribution in [0.4, 0.5) is 4.39 Å². The molecule has 0 fully saturated rings. The number of ether oxygens (including phenoxy) is 1. The van der Waals surface area contributed by atoms with Gasteiger partial charge in [-0.25, -0.2) is 9.38 Å². The number of nitrogens with zero attached hydrogens (tertiary/aromatic N) is 1. The molecule has 1 aromatic rings. The summed E-state index contributed by atoms with van der Waals surface area (Å²) < 4.78 is 17.8. The van der Waals surface area contributed by atoms with Crippen LogP contribution in [-0.4, -0.2) is 19.2 Å². The molecule has 2 rings (SSSR count). The van der Waals surface area contributed by atoms with Crippen molar-refractivity contribution < 1.29 is 13.9 Å². The zero-order chi connectivity index (χ0) is 9.42. The minimum absolute atomic E-state index is 0.125. The van der Waals surface area contributed by atoms with Gasteiger partial charge in [0.1, 0.15) is 0 Å². The summed E-state index contributed by atoms with van der Waals surface area (Å²) in [5.74, 6) is -0.823. The number of aliphatic imine (C=N–C) groups is 1. The molecule has 3 nitrogen and oxygen atoms in total. The van der Waals surface area contributed by atoms with Crippen LogP contribution in [0, 0.1) is 5.82 Å². The normalized spacial score (nSPS) is 13.2. The molecule has 0 radical (unpaired) electrons. The Hall–Kier alpha value is -1.71. The zero-order valence-corrected chi connectivity index (χ0v) is 6.87. The number of halogens is 1. The van der Waals surface area contributed by atoms with E-state index in [1.165, 1.54) is 19.4 Å². The molecule has 0 unspecified atom stereocenters. The maximum Gasteiger partial charge on any atom is 0.277 e. The topological polar surface area (TPSA) is 38.7 Å². The Kier molecular flexibility index (Phi) is 1.62. The highest BCUT2D eigenvalue weighted by Crippen LogP contribution is 2.24. The van der Waals surface area contributed by atoms with Gasteiger partial charge in [-0.15, -0.1) is 0 Å². The Labute approximate surface area is 73.9 Å². The number of hydrogen-bond acceptors (Lipinski definition) is 2. The summed E-state index contributed by atoms with van der Waals surface area (Å²) in [5.41, 5.74) is 0.890. The number of fused-ring (bicyclic) bond motifs is 1. The van der Waals surface area contributed by atoms with Gasteiger partial charge in [-0.05, 0) is 12.1 Å². The molecule has 4 heteroatoms. The number of benzene rings is 1. The number of rotatable bonds is 1. The fourth-order valence-electron chi connectivity index (χ4n) is 1.22. The zero-order valence-electron chi connectivity index (χ0n) is 6.87. The van der Waals surface area contributed by atoms with Crippen LogP contribution in [0.25, 0.3) is 0 Å². The molecule has 1 aromatic carbocycles. The summed E-state index contributed by atoms with van der Waals surface area (Å²) in [5, 5.41) is 0. The lowest BCUT2D eigenvalue weighted by Crippen LogP contribution is -1.96. The average Bonchev–Trinajstić information content (AvgIpc) is 2.47. The van der Waals surface area contributed by atoms with Crippen LogP contribution in [0.1, 0.15) is 15.9 Å².